The van der Waals surface area contributed by atoms with E-state index in [1.807, 2.05) is 12.5 Å². The third kappa shape index (κ3) is 2.42. The molecule has 0 saturated carbocycles. The molecule has 1 aliphatic rings. The van der Waals surface area contributed by atoms with Gasteiger partial charge in [-0.25, -0.2) is 4.98 Å². The number of hydrogen-bond donors (Lipinski definition) is 1. The monoisotopic (exact) mass is 225 g/mol. The number of aliphatic hydroxyl groups is 1. The van der Waals surface area contributed by atoms with Crippen molar-refractivity contribution in [3.05, 3.63) is 18.2 Å². The molecule has 1 unspecified atom stereocenters. The molecule has 1 N–H and O–H groups in total. The van der Waals surface area contributed by atoms with Crippen molar-refractivity contribution in [2.45, 2.75) is 26.1 Å². The summed E-state index contributed by atoms with van der Waals surface area (Å²) >= 11 is 0. The molecule has 0 amide bonds. The fraction of sp³-hybridized carbons (Fsp3) is 0.727. The number of nitrogens with zero attached hydrogens (tertiary/aromatic N) is 3. The highest BCUT2D eigenvalue weighted by Crippen LogP contribution is 2.11. The standard InChI is InChI=1S/C11H19N3O2/c1-2-13-9-12-5-10(13)6-14-3-4-16-8-11(14)7-15/h5,9,11,15H,2-4,6-8H2,1H3. The van der Waals surface area contributed by atoms with E-state index in [0.29, 0.717) is 6.61 Å². The van der Waals surface area contributed by atoms with E-state index >= 15 is 0 Å². The molecule has 0 spiro atoms. The Bertz CT molecular complexity index is 327. The van der Waals surface area contributed by atoms with Crippen molar-refractivity contribution in [2.75, 3.05) is 26.4 Å². The number of aromatic nitrogens is 2. The molecule has 16 heavy (non-hydrogen) atoms. The minimum atomic E-state index is 0.119. The molecular formula is C11H19N3O2. The molecule has 1 aromatic heterocycles. The molecular weight excluding hydrogens is 206 g/mol. The van der Waals surface area contributed by atoms with E-state index in [0.717, 1.165) is 26.2 Å². The fourth-order valence-electron chi connectivity index (χ4n) is 2.04. The van der Waals surface area contributed by atoms with Gasteiger partial charge < -0.3 is 14.4 Å². The van der Waals surface area contributed by atoms with Gasteiger partial charge >= 0.3 is 0 Å². The van der Waals surface area contributed by atoms with Gasteiger partial charge in [-0.2, -0.15) is 0 Å². The lowest BCUT2D eigenvalue weighted by Gasteiger charge is -2.34. The molecule has 5 heteroatoms. The second kappa shape index (κ2) is 5.43. The summed E-state index contributed by atoms with van der Waals surface area (Å²) in [7, 11) is 0. The average Bonchev–Trinajstić information content (AvgIpc) is 2.77. The van der Waals surface area contributed by atoms with E-state index in [4.69, 9.17) is 4.74 Å². The van der Waals surface area contributed by atoms with Gasteiger partial charge in [0.25, 0.3) is 0 Å². The van der Waals surface area contributed by atoms with Crippen LogP contribution in [0.15, 0.2) is 12.5 Å². The van der Waals surface area contributed by atoms with Crippen molar-refractivity contribution in [2.24, 2.45) is 0 Å². The summed E-state index contributed by atoms with van der Waals surface area (Å²) < 4.78 is 7.48. The topological polar surface area (TPSA) is 50.5 Å². The summed E-state index contributed by atoms with van der Waals surface area (Å²) in [5, 5.41) is 9.27. The number of aliphatic hydroxyl groups excluding tert-OH is 1. The predicted octanol–water partition coefficient (Wildman–Crippen LogP) is 0.0961. The highest BCUT2D eigenvalue weighted by molar-refractivity contribution is 4.99. The molecule has 0 bridgehead atoms. The lowest BCUT2D eigenvalue weighted by Crippen LogP contribution is -2.47. The molecule has 1 atom stereocenters. The minimum Gasteiger partial charge on any atom is -0.395 e. The summed E-state index contributed by atoms with van der Waals surface area (Å²) in [5.41, 5.74) is 1.20. The normalized spacial score (nSPS) is 22.5. The quantitative estimate of drug-likeness (QED) is 0.789. The molecule has 1 aromatic rings. The second-order valence-electron chi connectivity index (χ2n) is 4.05. The Labute approximate surface area is 95.7 Å². The van der Waals surface area contributed by atoms with Gasteiger partial charge in [0.2, 0.25) is 0 Å². The van der Waals surface area contributed by atoms with E-state index in [1.54, 1.807) is 0 Å². The van der Waals surface area contributed by atoms with Crippen molar-refractivity contribution in [3.63, 3.8) is 0 Å². The minimum absolute atomic E-state index is 0.119. The first-order valence-corrected chi connectivity index (χ1v) is 5.76. The van der Waals surface area contributed by atoms with Gasteiger partial charge in [-0.15, -0.1) is 0 Å². The Morgan fingerprint density at radius 1 is 1.62 bits per heavy atom. The van der Waals surface area contributed by atoms with Gasteiger partial charge in [0, 0.05) is 25.8 Å². The molecule has 90 valence electrons. The van der Waals surface area contributed by atoms with Crippen LogP contribution in [0, 0.1) is 0 Å². The van der Waals surface area contributed by atoms with Gasteiger partial charge in [-0.3, -0.25) is 4.90 Å². The average molecular weight is 225 g/mol. The first kappa shape index (κ1) is 11.6. The van der Waals surface area contributed by atoms with E-state index in [2.05, 4.69) is 21.4 Å². The van der Waals surface area contributed by atoms with Crippen LogP contribution in [0.4, 0.5) is 0 Å². The van der Waals surface area contributed by atoms with Crippen molar-refractivity contribution < 1.29 is 9.84 Å². The third-order valence-electron chi connectivity index (χ3n) is 3.06. The molecule has 2 rings (SSSR count). The van der Waals surface area contributed by atoms with Crippen LogP contribution < -0.4 is 0 Å². The van der Waals surface area contributed by atoms with Gasteiger partial charge in [0.05, 0.1) is 37.9 Å². The Balaban J connectivity index is 2.02. The van der Waals surface area contributed by atoms with Crippen molar-refractivity contribution in [1.82, 2.24) is 14.5 Å². The van der Waals surface area contributed by atoms with Crippen LogP contribution in [0.5, 0.6) is 0 Å². The van der Waals surface area contributed by atoms with Crippen LogP contribution in [0.3, 0.4) is 0 Å². The van der Waals surface area contributed by atoms with Crippen LogP contribution in [0.2, 0.25) is 0 Å². The van der Waals surface area contributed by atoms with Crippen LogP contribution in [-0.4, -0.2) is 52.0 Å². The van der Waals surface area contributed by atoms with Crippen molar-refractivity contribution in [1.29, 1.82) is 0 Å². The van der Waals surface area contributed by atoms with Gasteiger partial charge in [0.1, 0.15) is 0 Å². The van der Waals surface area contributed by atoms with Crippen molar-refractivity contribution >= 4 is 0 Å². The van der Waals surface area contributed by atoms with Gasteiger partial charge in [-0.1, -0.05) is 0 Å². The second-order valence-corrected chi connectivity index (χ2v) is 4.05. The summed E-state index contributed by atoms with van der Waals surface area (Å²) in [6.07, 6.45) is 3.75. The van der Waals surface area contributed by atoms with E-state index in [-0.39, 0.29) is 12.6 Å². The Kier molecular flexibility index (Phi) is 3.93. The Hall–Kier alpha value is -0.910. The van der Waals surface area contributed by atoms with Crippen LogP contribution in [0.1, 0.15) is 12.6 Å². The summed E-state index contributed by atoms with van der Waals surface area (Å²) in [6.45, 7) is 6.27. The van der Waals surface area contributed by atoms with Gasteiger partial charge in [-0.05, 0) is 6.92 Å². The van der Waals surface area contributed by atoms with E-state index in [9.17, 15) is 5.11 Å². The lowest BCUT2D eigenvalue weighted by atomic mass is 10.2. The number of imidazole rings is 1. The largest absolute Gasteiger partial charge is 0.395 e. The highest BCUT2D eigenvalue weighted by atomic mass is 16.5. The van der Waals surface area contributed by atoms with Crippen LogP contribution >= 0.6 is 0 Å². The molecule has 1 saturated heterocycles. The smallest absolute Gasteiger partial charge is 0.0948 e. The van der Waals surface area contributed by atoms with Crippen LogP contribution in [0.25, 0.3) is 0 Å². The first-order valence-electron chi connectivity index (χ1n) is 5.76. The Morgan fingerprint density at radius 3 is 3.25 bits per heavy atom. The molecule has 5 nitrogen and oxygen atoms in total. The maximum Gasteiger partial charge on any atom is 0.0948 e. The van der Waals surface area contributed by atoms with Crippen LogP contribution in [-0.2, 0) is 17.8 Å². The van der Waals surface area contributed by atoms with E-state index in [1.165, 1.54) is 5.69 Å². The zero-order valence-electron chi connectivity index (χ0n) is 9.67. The maximum absolute atomic E-state index is 9.27. The SMILES string of the molecule is CCn1cncc1CN1CCOCC1CO. The highest BCUT2D eigenvalue weighted by Gasteiger charge is 2.22. The summed E-state index contributed by atoms with van der Waals surface area (Å²) in [6, 6.07) is 0.119. The number of rotatable bonds is 4. The third-order valence-corrected chi connectivity index (χ3v) is 3.06. The molecule has 0 aliphatic carbocycles. The summed E-state index contributed by atoms with van der Waals surface area (Å²) in [5.74, 6) is 0. The molecule has 1 fully saturated rings. The molecule has 0 aromatic carbocycles. The molecule has 0 radical (unpaired) electrons. The lowest BCUT2D eigenvalue weighted by molar-refractivity contribution is -0.0321. The van der Waals surface area contributed by atoms with E-state index < -0.39 is 0 Å². The van der Waals surface area contributed by atoms with Crippen molar-refractivity contribution in [3.8, 4) is 0 Å². The fourth-order valence-corrected chi connectivity index (χ4v) is 2.04. The molecule has 2 heterocycles. The predicted molar refractivity (Wildman–Crippen MR) is 60.0 cm³/mol. The molecule has 1 aliphatic heterocycles. The zero-order valence-corrected chi connectivity index (χ0v) is 9.67. The number of ether oxygens (including phenoxy) is 1. The maximum atomic E-state index is 9.27. The Morgan fingerprint density at radius 2 is 2.50 bits per heavy atom. The summed E-state index contributed by atoms with van der Waals surface area (Å²) in [4.78, 5) is 6.41. The first-order chi connectivity index (χ1) is 7.85. The zero-order chi connectivity index (χ0) is 11.4. The number of aryl methyl sites for hydroxylation is 1. The van der Waals surface area contributed by atoms with Gasteiger partial charge in [0.15, 0.2) is 0 Å². The number of hydrogen-bond acceptors (Lipinski definition) is 4. The number of morpholine rings is 1.